The van der Waals surface area contributed by atoms with E-state index < -0.39 is 0 Å². The van der Waals surface area contributed by atoms with Crippen LogP contribution in [0.5, 0.6) is 0 Å². The summed E-state index contributed by atoms with van der Waals surface area (Å²) in [5.41, 5.74) is 4.18. The van der Waals surface area contributed by atoms with Crippen LogP contribution in [0.15, 0.2) is 83.5 Å². The van der Waals surface area contributed by atoms with Crippen LogP contribution in [0.25, 0.3) is 17.1 Å². The predicted molar refractivity (Wildman–Crippen MR) is 129 cm³/mol. The Morgan fingerprint density at radius 1 is 0.970 bits per heavy atom. The second-order valence-electron chi connectivity index (χ2n) is 8.24. The van der Waals surface area contributed by atoms with Crippen LogP contribution in [0.1, 0.15) is 16.1 Å². The molecular formula is C26H27N5O2. The molecule has 0 radical (unpaired) electrons. The summed E-state index contributed by atoms with van der Waals surface area (Å²) in [6.45, 7) is 4.47. The van der Waals surface area contributed by atoms with E-state index in [4.69, 9.17) is 4.42 Å². The van der Waals surface area contributed by atoms with E-state index in [1.165, 1.54) is 5.69 Å². The summed E-state index contributed by atoms with van der Waals surface area (Å²) in [5.74, 6) is 0.441. The van der Waals surface area contributed by atoms with Gasteiger partial charge < -0.3 is 19.5 Å². The van der Waals surface area contributed by atoms with Crippen LogP contribution in [0, 0.1) is 0 Å². The van der Waals surface area contributed by atoms with Crippen LogP contribution in [0.3, 0.4) is 0 Å². The minimum absolute atomic E-state index is 0.183. The summed E-state index contributed by atoms with van der Waals surface area (Å²) in [6, 6.07) is 23.4. The van der Waals surface area contributed by atoms with Gasteiger partial charge in [-0.2, -0.15) is 5.10 Å². The minimum Gasteiger partial charge on any atom is -0.463 e. The number of hydrogen-bond acceptors (Lipinski definition) is 5. The number of amides is 1. The highest BCUT2D eigenvalue weighted by molar-refractivity contribution is 5.94. The lowest BCUT2D eigenvalue weighted by Gasteiger charge is -2.35. The van der Waals surface area contributed by atoms with Gasteiger partial charge in [0.25, 0.3) is 5.91 Å². The number of para-hydroxylation sites is 2. The van der Waals surface area contributed by atoms with Crippen molar-refractivity contribution >= 4 is 11.6 Å². The van der Waals surface area contributed by atoms with E-state index in [2.05, 4.69) is 45.5 Å². The molecule has 5 rings (SSSR count). The molecule has 1 aliphatic rings. The number of hydrogen-bond donors (Lipinski definition) is 1. The van der Waals surface area contributed by atoms with E-state index in [0.29, 0.717) is 23.7 Å². The Bertz CT molecular complexity index is 1210. The van der Waals surface area contributed by atoms with Gasteiger partial charge in [0.15, 0.2) is 5.76 Å². The zero-order valence-corrected chi connectivity index (χ0v) is 18.6. The van der Waals surface area contributed by atoms with Crippen molar-refractivity contribution in [3.8, 4) is 17.1 Å². The number of aromatic nitrogens is 2. The SMILES string of the molecule is CN1CCN(c2ccccc2CNC(=O)c2cc(-c3ccco3)nn2-c2ccccc2)CC1. The first kappa shape index (κ1) is 21.0. The summed E-state index contributed by atoms with van der Waals surface area (Å²) in [7, 11) is 2.15. The number of rotatable bonds is 6. The van der Waals surface area contributed by atoms with Crippen LogP contribution in [-0.2, 0) is 6.54 Å². The van der Waals surface area contributed by atoms with Gasteiger partial charge in [-0.15, -0.1) is 0 Å². The van der Waals surface area contributed by atoms with Crippen LogP contribution in [0.4, 0.5) is 5.69 Å². The number of anilines is 1. The molecule has 4 aromatic rings. The molecule has 33 heavy (non-hydrogen) atoms. The van der Waals surface area contributed by atoms with Crippen LogP contribution >= 0.6 is 0 Å². The zero-order valence-electron chi connectivity index (χ0n) is 18.6. The number of nitrogens with one attached hydrogen (secondary N) is 1. The van der Waals surface area contributed by atoms with Crippen molar-refractivity contribution in [3.63, 3.8) is 0 Å². The molecule has 1 N–H and O–H groups in total. The Morgan fingerprint density at radius 3 is 2.48 bits per heavy atom. The summed E-state index contributed by atoms with van der Waals surface area (Å²) >= 11 is 0. The second kappa shape index (κ2) is 9.34. The summed E-state index contributed by atoms with van der Waals surface area (Å²) in [4.78, 5) is 18.0. The molecule has 1 amide bonds. The largest absolute Gasteiger partial charge is 0.463 e. The Morgan fingerprint density at radius 2 is 1.73 bits per heavy atom. The van der Waals surface area contributed by atoms with Crippen molar-refractivity contribution < 1.29 is 9.21 Å². The lowest BCUT2D eigenvalue weighted by Crippen LogP contribution is -2.45. The monoisotopic (exact) mass is 441 g/mol. The first-order valence-electron chi connectivity index (χ1n) is 11.2. The Labute approximate surface area is 193 Å². The number of piperazine rings is 1. The molecule has 7 heteroatoms. The normalized spacial score (nSPS) is 14.4. The van der Waals surface area contributed by atoms with E-state index in [9.17, 15) is 4.79 Å². The van der Waals surface area contributed by atoms with Crippen molar-refractivity contribution in [2.45, 2.75) is 6.54 Å². The second-order valence-corrected chi connectivity index (χ2v) is 8.24. The van der Waals surface area contributed by atoms with E-state index in [1.54, 1.807) is 17.0 Å². The lowest BCUT2D eigenvalue weighted by molar-refractivity contribution is 0.0943. The maximum atomic E-state index is 13.3. The van der Waals surface area contributed by atoms with E-state index in [-0.39, 0.29) is 5.91 Å². The summed E-state index contributed by atoms with van der Waals surface area (Å²) in [5, 5.41) is 7.75. The highest BCUT2D eigenvalue weighted by Gasteiger charge is 2.20. The molecular weight excluding hydrogens is 414 g/mol. The third kappa shape index (κ3) is 4.54. The predicted octanol–water partition coefficient (Wildman–Crippen LogP) is 3.81. The maximum absolute atomic E-state index is 13.3. The van der Waals surface area contributed by atoms with Gasteiger partial charge >= 0.3 is 0 Å². The third-order valence-corrected chi connectivity index (χ3v) is 5.99. The van der Waals surface area contributed by atoms with Gasteiger partial charge in [0.2, 0.25) is 0 Å². The Kier molecular flexibility index (Phi) is 5.95. The molecule has 1 aliphatic heterocycles. The van der Waals surface area contributed by atoms with Crippen molar-refractivity contribution in [3.05, 3.63) is 90.3 Å². The number of carbonyl (C=O) groups excluding carboxylic acids is 1. The first-order valence-corrected chi connectivity index (χ1v) is 11.2. The number of carbonyl (C=O) groups is 1. The highest BCUT2D eigenvalue weighted by Crippen LogP contribution is 2.24. The summed E-state index contributed by atoms with van der Waals surface area (Å²) in [6.07, 6.45) is 1.60. The van der Waals surface area contributed by atoms with Crippen molar-refractivity contribution in [2.75, 3.05) is 38.1 Å². The van der Waals surface area contributed by atoms with Gasteiger partial charge in [-0.25, -0.2) is 4.68 Å². The van der Waals surface area contributed by atoms with Crippen molar-refractivity contribution in [2.24, 2.45) is 0 Å². The molecule has 2 aromatic heterocycles. The van der Waals surface area contributed by atoms with Crippen LogP contribution in [0.2, 0.25) is 0 Å². The molecule has 0 bridgehead atoms. The quantitative estimate of drug-likeness (QED) is 0.493. The van der Waals surface area contributed by atoms with Gasteiger partial charge in [-0.1, -0.05) is 36.4 Å². The average Bonchev–Trinajstić information content (AvgIpc) is 3.54. The molecule has 0 atom stereocenters. The van der Waals surface area contributed by atoms with Crippen molar-refractivity contribution in [1.82, 2.24) is 20.0 Å². The fraction of sp³-hybridized carbons (Fsp3) is 0.231. The van der Waals surface area contributed by atoms with E-state index in [0.717, 1.165) is 37.4 Å². The molecule has 2 aromatic carbocycles. The number of furan rings is 1. The average molecular weight is 442 g/mol. The maximum Gasteiger partial charge on any atom is 0.270 e. The minimum atomic E-state index is -0.183. The van der Waals surface area contributed by atoms with E-state index >= 15 is 0 Å². The smallest absolute Gasteiger partial charge is 0.270 e. The third-order valence-electron chi connectivity index (χ3n) is 5.99. The fourth-order valence-corrected chi connectivity index (χ4v) is 4.14. The number of nitrogens with zero attached hydrogens (tertiary/aromatic N) is 4. The van der Waals surface area contributed by atoms with Gasteiger partial charge in [0.1, 0.15) is 11.4 Å². The molecule has 0 saturated carbocycles. The molecule has 0 spiro atoms. The van der Waals surface area contributed by atoms with E-state index in [1.807, 2.05) is 48.5 Å². The van der Waals surface area contributed by atoms with Crippen LogP contribution < -0.4 is 10.2 Å². The molecule has 0 unspecified atom stereocenters. The van der Waals surface area contributed by atoms with Gasteiger partial charge in [0.05, 0.1) is 12.0 Å². The molecule has 7 nitrogen and oxygen atoms in total. The molecule has 1 fully saturated rings. The standard InChI is InChI=1S/C26H27N5O2/c1-29-13-15-30(16-14-29)23-11-6-5-8-20(23)19-27-26(32)24-18-22(25-12-7-17-33-25)28-31(24)21-9-3-2-4-10-21/h2-12,17-18H,13-16,19H2,1H3,(H,27,32). The zero-order chi connectivity index (χ0) is 22.6. The van der Waals surface area contributed by atoms with Gasteiger partial charge in [0, 0.05) is 44.5 Å². The Hall–Kier alpha value is -3.84. The number of benzene rings is 2. The molecule has 168 valence electrons. The highest BCUT2D eigenvalue weighted by atomic mass is 16.3. The number of likely N-dealkylation sites (N-methyl/N-ethyl adjacent to an activating group) is 1. The lowest BCUT2D eigenvalue weighted by atomic mass is 10.1. The first-order chi connectivity index (χ1) is 16.2. The molecule has 3 heterocycles. The van der Waals surface area contributed by atoms with Crippen LogP contribution in [-0.4, -0.2) is 53.8 Å². The Balaban J connectivity index is 1.39. The van der Waals surface area contributed by atoms with Crippen molar-refractivity contribution in [1.29, 1.82) is 0 Å². The molecule has 0 aliphatic carbocycles. The van der Waals surface area contributed by atoms with Gasteiger partial charge in [-0.3, -0.25) is 4.79 Å². The summed E-state index contributed by atoms with van der Waals surface area (Å²) < 4.78 is 7.17. The topological polar surface area (TPSA) is 66.5 Å². The molecule has 1 saturated heterocycles. The van der Waals surface area contributed by atoms with Gasteiger partial charge in [-0.05, 0) is 42.9 Å². The fourth-order valence-electron chi connectivity index (χ4n) is 4.14.